The Morgan fingerprint density at radius 1 is 0.980 bits per heavy atom. The normalized spacial score (nSPS) is 14.2. The van der Waals surface area contributed by atoms with Crippen LogP contribution in [0.25, 0.3) is 0 Å². The highest BCUT2D eigenvalue weighted by atomic mass is 16.5. The predicted molar refractivity (Wildman–Crippen MR) is 191 cm³/mol. The smallest absolute Gasteiger partial charge is 0.302 e. The minimum Gasteiger partial charge on any atom is -0.461 e. The number of nitrogens with two attached hydrogens (primary N) is 1. The van der Waals surface area contributed by atoms with Gasteiger partial charge in [-0.15, -0.1) is 0 Å². The molecule has 0 saturated carbocycles. The zero-order chi connectivity index (χ0) is 37.5. The molecule has 13 heteroatoms. The van der Waals surface area contributed by atoms with Crippen LogP contribution >= 0.6 is 0 Å². The van der Waals surface area contributed by atoms with Gasteiger partial charge >= 0.3 is 5.97 Å². The summed E-state index contributed by atoms with van der Waals surface area (Å²) in [6.45, 7) is 19.5. The number of ether oxygens (including phenoxy) is 1. The third kappa shape index (κ3) is 18.6. The van der Waals surface area contributed by atoms with Crippen molar-refractivity contribution >= 4 is 41.2 Å². The molecule has 6 N–H and O–H groups in total. The molecule has 1 aliphatic rings. The average molecular weight is 689 g/mol. The second-order valence-electron chi connectivity index (χ2n) is 12.2. The van der Waals surface area contributed by atoms with Crippen molar-refractivity contribution in [3.63, 3.8) is 0 Å². The molecule has 5 amide bonds. The number of rotatable bonds is 18. The molecule has 0 spiro atoms. The van der Waals surface area contributed by atoms with Crippen molar-refractivity contribution in [2.75, 3.05) is 25.0 Å². The maximum atomic E-state index is 12.7. The van der Waals surface area contributed by atoms with E-state index in [2.05, 4.69) is 34.8 Å². The Hall–Kier alpha value is -4.42. The van der Waals surface area contributed by atoms with E-state index in [-0.39, 0.29) is 67.4 Å². The number of anilines is 1. The van der Waals surface area contributed by atoms with Crippen molar-refractivity contribution in [3.05, 3.63) is 42.2 Å². The van der Waals surface area contributed by atoms with Crippen molar-refractivity contribution in [2.24, 2.45) is 23.5 Å². The molecule has 1 heterocycles. The van der Waals surface area contributed by atoms with Crippen LogP contribution < -0.4 is 27.0 Å². The SMILES string of the molecule is C=C(N)NCCC.CC.CC(=O)OCc1ccc(NC(=O)CNC(=O)C(NC(=O)CCCCCN2C(=O)CC(C(C)C)C2=O)C(C)C)cc1. The van der Waals surface area contributed by atoms with Crippen molar-refractivity contribution in [1.29, 1.82) is 0 Å². The zero-order valence-corrected chi connectivity index (χ0v) is 30.8. The second-order valence-corrected chi connectivity index (χ2v) is 12.2. The number of hydrogen-bond acceptors (Lipinski definition) is 9. The van der Waals surface area contributed by atoms with Crippen LogP contribution in [0.1, 0.15) is 99.5 Å². The lowest BCUT2D eigenvalue weighted by Crippen LogP contribution is -2.51. The van der Waals surface area contributed by atoms with Crippen molar-refractivity contribution < 1.29 is 33.5 Å². The first-order valence-corrected chi connectivity index (χ1v) is 17.3. The molecule has 1 fully saturated rings. The number of unbranched alkanes of at least 4 members (excludes halogenated alkanes) is 2. The molecule has 2 unspecified atom stereocenters. The number of nitrogens with one attached hydrogen (secondary N) is 4. The maximum Gasteiger partial charge on any atom is 0.302 e. The number of imide groups is 1. The molecule has 1 saturated heterocycles. The lowest BCUT2D eigenvalue weighted by Gasteiger charge is -2.21. The Bertz CT molecular complexity index is 1220. The minimum absolute atomic E-state index is 0.105. The van der Waals surface area contributed by atoms with E-state index in [9.17, 15) is 28.8 Å². The van der Waals surface area contributed by atoms with Gasteiger partial charge in [0.25, 0.3) is 0 Å². The summed E-state index contributed by atoms with van der Waals surface area (Å²) in [5, 5.41) is 10.9. The van der Waals surface area contributed by atoms with E-state index >= 15 is 0 Å². The molecule has 276 valence electrons. The first kappa shape index (κ1) is 44.6. The molecule has 1 aliphatic heterocycles. The van der Waals surface area contributed by atoms with E-state index in [1.54, 1.807) is 38.1 Å². The highest BCUT2D eigenvalue weighted by Crippen LogP contribution is 2.26. The van der Waals surface area contributed by atoms with Crippen LogP contribution in [0.4, 0.5) is 5.69 Å². The maximum absolute atomic E-state index is 12.7. The molecule has 0 aliphatic carbocycles. The Morgan fingerprint density at radius 3 is 2.10 bits per heavy atom. The first-order valence-electron chi connectivity index (χ1n) is 17.3. The summed E-state index contributed by atoms with van der Waals surface area (Å²) in [4.78, 5) is 74.2. The number of benzene rings is 1. The summed E-state index contributed by atoms with van der Waals surface area (Å²) in [6.07, 6.45) is 3.42. The lowest BCUT2D eigenvalue weighted by molar-refractivity contribution is -0.142. The molecule has 49 heavy (non-hydrogen) atoms. The lowest BCUT2D eigenvalue weighted by atomic mass is 9.94. The standard InChI is InChI=1S/C29H42N4O7.C5H12N2.C2H6/c1-18(2)23-15-26(37)33(29(23)39)14-8-6-7-9-24(35)32-27(19(3)4)28(38)30-16-25(36)31-22-12-10-21(11-13-22)17-40-20(5)34;1-3-4-7-5(2)6;1-2/h10-13,18-19,23,27H,6-9,14-17H2,1-5H3,(H,30,38)(H,31,36)(H,32,35);7H,2-4,6H2,1H3;1-2H3. The summed E-state index contributed by atoms with van der Waals surface area (Å²) in [6, 6.07) is 5.97. The van der Waals surface area contributed by atoms with Gasteiger partial charge in [0, 0.05) is 44.5 Å². The van der Waals surface area contributed by atoms with Gasteiger partial charge in [0.05, 0.1) is 12.4 Å². The van der Waals surface area contributed by atoms with Crippen LogP contribution in [0.15, 0.2) is 36.7 Å². The summed E-state index contributed by atoms with van der Waals surface area (Å²) in [7, 11) is 0. The average Bonchev–Trinajstić information content (AvgIpc) is 3.34. The van der Waals surface area contributed by atoms with Crippen LogP contribution in [0.3, 0.4) is 0 Å². The summed E-state index contributed by atoms with van der Waals surface area (Å²) in [5.74, 6) is -1.53. The summed E-state index contributed by atoms with van der Waals surface area (Å²) < 4.78 is 4.92. The van der Waals surface area contributed by atoms with Gasteiger partial charge < -0.3 is 31.7 Å². The van der Waals surface area contributed by atoms with Gasteiger partial charge in [-0.25, -0.2) is 0 Å². The van der Waals surface area contributed by atoms with Gasteiger partial charge in [-0.2, -0.15) is 0 Å². The first-order chi connectivity index (χ1) is 23.2. The molecule has 13 nitrogen and oxygen atoms in total. The van der Waals surface area contributed by atoms with Gasteiger partial charge in [0.15, 0.2) is 0 Å². The molecule has 0 bridgehead atoms. The number of esters is 1. The highest BCUT2D eigenvalue weighted by molar-refractivity contribution is 6.03. The highest BCUT2D eigenvalue weighted by Gasteiger charge is 2.39. The fourth-order valence-corrected chi connectivity index (χ4v) is 4.61. The third-order valence-electron chi connectivity index (χ3n) is 7.34. The fraction of sp³-hybridized carbons (Fsp3) is 0.611. The number of nitrogens with zero attached hydrogens (tertiary/aromatic N) is 1. The van der Waals surface area contributed by atoms with Crippen molar-refractivity contribution in [2.45, 2.75) is 107 Å². The van der Waals surface area contributed by atoms with E-state index in [0.717, 1.165) is 18.5 Å². The van der Waals surface area contributed by atoms with Gasteiger partial charge in [-0.1, -0.05) is 73.6 Å². The Kier molecular flexibility index (Phi) is 22.5. The summed E-state index contributed by atoms with van der Waals surface area (Å²) in [5.41, 5.74) is 6.47. The molecule has 2 rings (SSSR count). The van der Waals surface area contributed by atoms with Gasteiger partial charge in [-0.05, 0) is 48.8 Å². The number of carbonyl (C=O) groups is 6. The molecular weight excluding hydrogens is 628 g/mol. The van der Waals surface area contributed by atoms with Crippen LogP contribution in [-0.4, -0.2) is 66.1 Å². The van der Waals surface area contributed by atoms with Crippen molar-refractivity contribution in [1.82, 2.24) is 20.9 Å². The second kappa shape index (κ2) is 24.7. The van der Waals surface area contributed by atoms with E-state index in [1.165, 1.54) is 11.8 Å². The Labute approximate surface area is 292 Å². The minimum atomic E-state index is -0.798. The number of likely N-dealkylation sites (tertiary alicyclic amines) is 1. The molecule has 2 atom stereocenters. The van der Waals surface area contributed by atoms with E-state index in [4.69, 9.17) is 10.5 Å². The molecule has 0 radical (unpaired) electrons. The fourth-order valence-electron chi connectivity index (χ4n) is 4.61. The molecule has 1 aromatic carbocycles. The largest absolute Gasteiger partial charge is 0.461 e. The topological polar surface area (TPSA) is 189 Å². The van der Waals surface area contributed by atoms with E-state index in [0.29, 0.717) is 37.3 Å². The quantitative estimate of drug-likeness (QED) is 0.0863. The van der Waals surface area contributed by atoms with Gasteiger partial charge in [0.1, 0.15) is 12.6 Å². The van der Waals surface area contributed by atoms with E-state index < -0.39 is 17.9 Å². The van der Waals surface area contributed by atoms with Gasteiger partial charge in [-0.3, -0.25) is 33.7 Å². The van der Waals surface area contributed by atoms with Gasteiger partial charge in [0.2, 0.25) is 29.5 Å². The summed E-state index contributed by atoms with van der Waals surface area (Å²) >= 11 is 0. The molecular formula is C36H60N6O7. The van der Waals surface area contributed by atoms with E-state index in [1.807, 2.05) is 27.7 Å². The Balaban J connectivity index is 0.00000227. The monoisotopic (exact) mass is 688 g/mol. The van der Waals surface area contributed by atoms with Crippen LogP contribution in [0.5, 0.6) is 0 Å². The van der Waals surface area contributed by atoms with Crippen LogP contribution in [-0.2, 0) is 40.1 Å². The van der Waals surface area contributed by atoms with Crippen LogP contribution in [0, 0.1) is 17.8 Å². The van der Waals surface area contributed by atoms with Crippen molar-refractivity contribution in [3.8, 4) is 0 Å². The number of amides is 5. The number of hydrogen-bond donors (Lipinski definition) is 5. The Morgan fingerprint density at radius 2 is 1.61 bits per heavy atom. The molecule has 0 aromatic heterocycles. The zero-order valence-electron chi connectivity index (χ0n) is 30.8. The third-order valence-corrected chi connectivity index (χ3v) is 7.34. The predicted octanol–water partition coefficient (Wildman–Crippen LogP) is 3.98. The molecule has 1 aromatic rings. The van der Waals surface area contributed by atoms with Crippen LogP contribution in [0.2, 0.25) is 0 Å². The number of carbonyl (C=O) groups excluding carboxylic acids is 6.